The lowest BCUT2D eigenvalue weighted by atomic mass is 9.99. The highest BCUT2D eigenvalue weighted by atomic mass is 16.5. The number of aromatic amines is 1. The molecule has 184 valence electrons. The molecule has 6 rings (SSSR count). The number of carbonyl (C=O) groups excluding carboxylic acids is 1. The van der Waals surface area contributed by atoms with Gasteiger partial charge in [-0.25, -0.2) is 0 Å². The van der Waals surface area contributed by atoms with E-state index >= 15 is 0 Å². The fourth-order valence-corrected chi connectivity index (χ4v) is 4.56. The Bertz CT molecular complexity index is 1560. The van der Waals surface area contributed by atoms with E-state index in [4.69, 9.17) is 20.2 Å². The first-order valence-electron chi connectivity index (χ1n) is 12.1. The minimum absolute atomic E-state index is 0.00657. The Morgan fingerprint density at radius 3 is 2.46 bits per heavy atom. The van der Waals surface area contributed by atoms with E-state index in [-0.39, 0.29) is 5.91 Å². The SMILES string of the molecule is Nc1n[nH]c2c(-c3cccc(C(=O)N4CCOCC4)c3)cnc(-c3ccc(Oc4ccccc4)cc3)c12. The highest BCUT2D eigenvalue weighted by Crippen LogP contribution is 2.36. The predicted molar refractivity (Wildman–Crippen MR) is 142 cm³/mol. The number of carbonyl (C=O) groups is 1. The number of hydrogen-bond donors (Lipinski definition) is 2. The van der Waals surface area contributed by atoms with Crippen LogP contribution in [0.5, 0.6) is 11.5 Å². The smallest absolute Gasteiger partial charge is 0.254 e. The zero-order valence-corrected chi connectivity index (χ0v) is 20.1. The molecule has 1 aliphatic heterocycles. The number of rotatable bonds is 5. The fourth-order valence-electron chi connectivity index (χ4n) is 4.56. The number of hydrogen-bond acceptors (Lipinski definition) is 6. The number of nitrogen functional groups attached to an aromatic ring is 1. The third-order valence-corrected chi connectivity index (χ3v) is 6.45. The van der Waals surface area contributed by atoms with Gasteiger partial charge in [0, 0.05) is 36.0 Å². The molecule has 0 atom stereocenters. The molecule has 1 saturated heterocycles. The number of pyridine rings is 1. The third-order valence-electron chi connectivity index (χ3n) is 6.45. The van der Waals surface area contributed by atoms with Crippen molar-refractivity contribution >= 4 is 22.6 Å². The number of aromatic nitrogens is 3. The van der Waals surface area contributed by atoms with E-state index in [1.165, 1.54) is 0 Å². The maximum atomic E-state index is 13.0. The Balaban J connectivity index is 1.33. The van der Waals surface area contributed by atoms with Gasteiger partial charge < -0.3 is 20.1 Å². The number of nitrogens with zero attached hydrogens (tertiary/aromatic N) is 3. The summed E-state index contributed by atoms with van der Waals surface area (Å²) in [6.07, 6.45) is 1.79. The molecule has 3 N–H and O–H groups in total. The number of anilines is 1. The number of ether oxygens (including phenoxy) is 2. The second-order valence-electron chi connectivity index (χ2n) is 8.80. The van der Waals surface area contributed by atoms with Gasteiger partial charge in [-0.05, 0) is 54.1 Å². The van der Waals surface area contributed by atoms with Gasteiger partial charge in [0.2, 0.25) is 0 Å². The lowest BCUT2D eigenvalue weighted by Crippen LogP contribution is -2.40. The molecular formula is C29H25N5O3. The fraction of sp³-hybridized carbons (Fsp3) is 0.138. The van der Waals surface area contributed by atoms with Crippen LogP contribution in [-0.4, -0.2) is 52.3 Å². The summed E-state index contributed by atoms with van der Waals surface area (Å²) in [5.41, 5.74) is 11.0. The molecule has 2 aromatic heterocycles. The van der Waals surface area contributed by atoms with Gasteiger partial charge in [-0.15, -0.1) is 0 Å². The zero-order valence-electron chi connectivity index (χ0n) is 20.1. The Labute approximate surface area is 213 Å². The van der Waals surface area contributed by atoms with Crippen LogP contribution in [0.25, 0.3) is 33.3 Å². The first-order chi connectivity index (χ1) is 18.2. The molecule has 1 aliphatic rings. The van der Waals surface area contributed by atoms with Crippen molar-refractivity contribution in [3.63, 3.8) is 0 Å². The van der Waals surface area contributed by atoms with Crippen LogP contribution in [0.4, 0.5) is 5.82 Å². The van der Waals surface area contributed by atoms with Crippen LogP contribution < -0.4 is 10.5 Å². The van der Waals surface area contributed by atoms with Gasteiger partial charge in [-0.2, -0.15) is 5.10 Å². The quantitative estimate of drug-likeness (QED) is 0.353. The molecule has 37 heavy (non-hydrogen) atoms. The summed E-state index contributed by atoms with van der Waals surface area (Å²) in [4.78, 5) is 19.6. The molecule has 0 bridgehead atoms. The summed E-state index contributed by atoms with van der Waals surface area (Å²) < 4.78 is 11.3. The minimum atomic E-state index is -0.00657. The van der Waals surface area contributed by atoms with E-state index in [0.717, 1.165) is 44.8 Å². The normalized spacial score (nSPS) is 13.6. The van der Waals surface area contributed by atoms with Crippen molar-refractivity contribution in [3.8, 4) is 33.9 Å². The third kappa shape index (κ3) is 4.50. The summed E-state index contributed by atoms with van der Waals surface area (Å²) in [5, 5.41) is 8.08. The molecule has 3 aromatic carbocycles. The van der Waals surface area contributed by atoms with E-state index in [1.807, 2.05) is 83.8 Å². The van der Waals surface area contributed by atoms with Gasteiger partial charge in [0.05, 0.1) is 29.8 Å². The van der Waals surface area contributed by atoms with E-state index in [2.05, 4.69) is 10.2 Å². The van der Waals surface area contributed by atoms with Gasteiger partial charge in [0.1, 0.15) is 11.5 Å². The number of nitrogens with two attached hydrogens (primary N) is 1. The van der Waals surface area contributed by atoms with E-state index in [9.17, 15) is 4.79 Å². The number of benzene rings is 3. The molecule has 1 amide bonds. The van der Waals surface area contributed by atoms with Crippen LogP contribution in [0, 0.1) is 0 Å². The zero-order chi connectivity index (χ0) is 25.2. The first kappa shape index (κ1) is 22.8. The second kappa shape index (κ2) is 9.75. The van der Waals surface area contributed by atoms with Crippen LogP contribution in [0.2, 0.25) is 0 Å². The summed E-state index contributed by atoms with van der Waals surface area (Å²) in [6.45, 7) is 2.31. The van der Waals surface area contributed by atoms with Gasteiger partial charge >= 0.3 is 0 Å². The monoisotopic (exact) mass is 491 g/mol. The summed E-state index contributed by atoms with van der Waals surface area (Å²) in [5.74, 6) is 1.86. The molecule has 0 aliphatic carbocycles. The number of nitrogens with one attached hydrogen (secondary N) is 1. The highest BCUT2D eigenvalue weighted by Gasteiger charge is 2.20. The highest BCUT2D eigenvalue weighted by molar-refractivity contribution is 6.06. The second-order valence-corrected chi connectivity index (χ2v) is 8.80. The summed E-state index contributed by atoms with van der Waals surface area (Å²) in [7, 11) is 0. The number of amides is 1. The van der Waals surface area contributed by atoms with Crippen molar-refractivity contribution in [1.29, 1.82) is 0 Å². The molecule has 0 unspecified atom stereocenters. The summed E-state index contributed by atoms with van der Waals surface area (Å²) in [6, 6.07) is 24.9. The van der Waals surface area contributed by atoms with E-state index in [0.29, 0.717) is 37.7 Å². The van der Waals surface area contributed by atoms with Gasteiger partial charge in [0.15, 0.2) is 5.82 Å². The largest absolute Gasteiger partial charge is 0.457 e. The van der Waals surface area contributed by atoms with Crippen LogP contribution in [0.3, 0.4) is 0 Å². The van der Waals surface area contributed by atoms with Crippen molar-refractivity contribution in [2.45, 2.75) is 0 Å². The Morgan fingerprint density at radius 2 is 1.68 bits per heavy atom. The number of fused-ring (bicyclic) bond motifs is 1. The average Bonchev–Trinajstić information content (AvgIpc) is 3.35. The van der Waals surface area contributed by atoms with Gasteiger partial charge in [-0.3, -0.25) is 14.9 Å². The van der Waals surface area contributed by atoms with Gasteiger partial charge in [-0.1, -0.05) is 30.3 Å². The molecule has 1 fully saturated rings. The summed E-state index contributed by atoms with van der Waals surface area (Å²) >= 11 is 0. The lowest BCUT2D eigenvalue weighted by molar-refractivity contribution is 0.0303. The lowest BCUT2D eigenvalue weighted by Gasteiger charge is -2.27. The predicted octanol–water partition coefficient (Wildman–Crippen LogP) is 5.14. The van der Waals surface area contributed by atoms with Crippen LogP contribution >= 0.6 is 0 Å². The van der Waals surface area contributed by atoms with Crippen LogP contribution in [0.15, 0.2) is 85.1 Å². The molecule has 3 heterocycles. The molecule has 5 aromatic rings. The molecule has 0 spiro atoms. The number of H-pyrrole nitrogens is 1. The Morgan fingerprint density at radius 1 is 0.919 bits per heavy atom. The first-order valence-corrected chi connectivity index (χ1v) is 12.1. The van der Waals surface area contributed by atoms with E-state index < -0.39 is 0 Å². The van der Waals surface area contributed by atoms with Crippen molar-refractivity contribution < 1.29 is 14.3 Å². The molecular weight excluding hydrogens is 466 g/mol. The molecule has 8 heteroatoms. The van der Waals surface area contributed by atoms with Crippen molar-refractivity contribution in [3.05, 3.63) is 90.6 Å². The van der Waals surface area contributed by atoms with Crippen LogP contribution in [0.1, 0.15) is 10.4 Å². The minimum Gasteiger partial charge on any atom is -0.457 e. The van der Waals surface area contributed by atoms with Crippen molar-refractivity contribution in [1.82, 2.24) is 20.1 Å². The van der Waals surface area contributed by atoms with E-state index in [1.54, 1.807) is 6.20 Å². The molecule has 0 saturated carbocycles. The Hall–Kier alpha value is -4.69. The van der Waals surface area contributed by atoms with Crippen LogP contribution in [-0.2, 0) is 4.74 Å². The molecule has 8 nitrogen and oxygen atoms in total. The number of morpholine rings is 1. The molecule has 0 radical (unpaired) electrons. The average molecular weight is 492 g/mol. The topological polar surface area (TPSA) is 106 Å². The number of para-hydroxylation sites is 1. The Kier molecular flexibility index (Phi) is 6.00. The van der Waals surface area contributed by atoms with Gasteiger partial charge in [0.25, 0.3) is 5.91 Å². The standard InChI is InChI=1S/C29H25N5O3/c30-28-25-26(19-9-11-23(12-10-19)37-22-7-2-1-3-8-22)31-18-24(27(25)32-33-28)20-5-4-6-21(17-20)29(35)34-13-15-36-16-14-34/h1-12,17-18H,13-16H2,(H3,30,32,33). The van der Waals surface area contributed by atoms with Crippen molar-refractivity contribution in [2.75, 3.05) is 32.0 Å². The maximum absolute atomic E-state index is 13.0. The van der Waals surface area contributed by atoms with Crippen molar-refractivity contribution in [2.24, 2.45) is 0 Å². The maximum Gasteiger partial charge on any atom is 0.254 e.